The topological polar surface area (TPSA) is 49.4 Å². The second kappa shape index (κ2) is 6.55. The predicted molar refractivity (Wildman–Crippen MR) is 80.7 cm³/mol. The van der Waals surface area contributed by atoms with Crippen molar-refractivity contribution in [2.24, 2.45) is 5.92 Å². The molecular weight excluding hydrogens is 252 g/mol. The summed E-state index contributed by atoms with van der Waals surface area (Å²) in [6.45, 7) is 4.83. The van der Waals surface area contributed by atoms with Crippen molar-refractivity contribution in [2.75, 3.05) is 16.8 Å². The summed E-state index contributed by atoms with van der Waals surface area (Å²) in [5.41, 5.74) is 1.69. The Morgan fingerprint density at radius 2 is 1.95 bits per heavy atom. The molecule has 4 heteroatoms. The van der Waals surface area contributed by atoms with Crippen LogP contribution in [0.25, 0.3) is 0 Å². The van der Waals surface area contributed by atoms with Gasteiger partial charge in [-0.2, -0.15) is 0 Å². The van der Waals surface area contributed by atoms with Crippen LogP contribution < -0.4 is 10.2 Å². The molecule has 1 aromatic carbocycles. The number of nitrogens with zero attached hydrogens (tertiary/aromatic N) is 1. The quantitative estimate of drug-likeness (QED) is 0.916. The lowest BCUT2D eigenvalue weighted by Gasteiger charge is -2.26. The Labute approximate surface area is 120 Å². The van der Waals surface area contributed by atoms with Crippen molar-refractivity contribution >= 4 is 23.2 Å². The summed E-state index contributed by atoms with van der Waals surface area (Å²) < 4.78 is 0. The fourth-order valence-corrected chi connectivity index (χ4v) is 2.39. The van der Waals surface area contributed by atoms with Crippen LogP contribution in [0.4, 0.5) is 11.4 Å². The SMILES string of the molecule is CC(C)CC(=O)Nc1ccc(N2CCCCC2=O)cc1. The highest BCUT2D eigenvalue weighted by molar-refractivity contribution is 5.95. The highest BCUT2D eigenvalue weighted by atomic mass is 16.2. The Hall–Kier alpha value is -1.84. The maximum atomic E-state index is 11.8. The lowest BCUT2D eigenvalue weighted by Crippen LogP contribution is -2.35. The van der Waals surface area contributed by atoms with Crippen LogP contribution in [-0.2, 0) is 9.59 Å². The summed E-state index contributed by atoms with van der Waals surface area (Å²) >= 11 is 0. The van der Waals surface area contributed by atoms with Gasteiger partial charge < -0.3 is 10.2 Å². The molecule has 0 spiro atoms. The highest BCUT2D eigenvalue weighted by Crippen LogP contribution is 2.22. The molecule has 0 atom stereocenters. The number of hydrogen-bond acceptors (Lipinski definition) is 2. The summed E-state index contributed by atoms with van der Waals surface area (Å²) in [7, 11) is 0. The summed E-state index contributed by atoms with van der Waals surface area (Å²) in [6, 6.07) is 7.51. The van der Waals surface area contributed by atoms with E-state index in [1.54, 1.807) is 0 Å². The Kier molecular flexibility index (Phi) is 4.77. The van der Waals surface area contributed by atoms with Crippen molar-refractivity contribution in [1.29, 1.82) is 0 Å². The first-order valence-corrected chi connectivity index (χ1v) is 7.26. The standard InChI is InChI=1S/C16H22N2O2/c1-12(2)11-15(19)17-13-6-8-14(9-7-13)18-10-4-3-5-16(18)20/h6-9,12H,3-5,10-11H2,1-2H3,(H,17,19). The van der Waals surface area contributed by atoms with E-state index in [1.807, 2.05) is 43.0 Å². The Morgan fingerprint density at radius 1 is 1.25 bits per heavy atom. The average molecular weight is 274 g/mol. The molecule has 1 aromatic rings. The lowest BCUT2D eigenvalue weighted by atomic mass is 10.1. The van der Waals surface area contributed by atoms with Crippen LogP contribution in [0.1, 0.15) is 39.5 Å². The van der Waals surface area contributed by atoms with Gasteiger partial charge in [-0.05, 0) is 43.0 Å². The number of carbonyl (C=O) groups excluding carboxylic acids is 2. The van der Waals surface area contributed by atoms with Crippen LogP contribution in [0.2, 0.25) is 0 Å². The Balaban J connectivity index is 1.99. The average Bonchev–Trinajstić information content (AvgIpc) is 2.39. The smallest absolute Gasteiger partial charge is 0.226 e. The van der Waals surface area contributed by atoms with E-state index >= 15 is 0 Å². The van der Waals surface area contributed by atoms with Gasteiger partial charge in [0.25, 0.3) is 0 Å². The second-order valence-corrected chi connectivity index (χ2v) is 5.70. The molecule has 0 aliphatic carbocycles. The van der Waals surface area contributed by atoms with Crippen molar-refractivity contribution in [3.8, 4) is 0 Å². The van der Waals surface area contributed by atoms with Gasteiger partial charge in [-0.15, -0.1) is 0 Å². The van der Waals surface area contributed by atoms with Crippen LogP contribution in [0, 0.1) is 5.92 Å². The number of amides is 2. The van der Waals surface area contributed by atoms with Gasteiger partial charge in [0.05, 0.1) is 0 Å². The third-order valence-electron chi connectivity index (χ3n) is 3.38. The van der Waals surface area contributed by atoms with Gasteiger partial charge in [0.1, 0.15) is 0 Å². The molecule has 2 rings (SSSR count). The van der Waals surface area contributed by atoms with E-state index in [0.29, 0.717) is 18.8 Å². The van der Waals surface area contributed by atoms with E-state index in [9.17, 15) is 9.59 Å². The van der Waals surface area contributed by atoms with E-state index in [4.69, 9.17) is 0 Å². The van der Waals surface area contributed by atoms with Crippen molar-refractivity contribution in [2.45, 2.75) is 39.5 Å². The summed E-state index contributed by atoms with van der Waals surface area (Å²) in [5.74, 6) is 0.565. The molecule has 0 unspecified atom stereocenters. The lowest BCUT2D eigenvalue weighted by molar-refractivity contribution is -0.119. The van der Waals surface area contributed by atoms with E-state index in [2.05, 4.69) is 5.32 Å². The molecule has 1 fully saturated rings. The summed E-state index contributed by atoms with van der Waals surface area (Å²) in [5, 5.41) is 2.87. The number of nitrogens with one attached hydrogen (secondary N) is 1. The fraction of sp³-hybridized carbons (Fsp3) is 0.500. The molecule has 2 amide bonds. The molecule has 4 nitrogen and oxygen atoms in total. The molecule has 1 heterocycles. The number of rotatable bonds is 4. The molecule has 108 valence electrons. The zero-order valence-electron chi connectivity index (χ0n) is 12.2. The molecule has 1 N–H and O–H groups in total. The Morgan fingerprint density at radius 3 is 2.55 bits per heavy atom. The minimum Gasteiger partial charge on any atom is -0.326 e. The van der Waals surface area contributed by atoms with Gasteiger partial charge in [-0.1, -0.05) is 13.8 Å². The van der Waals surface area contributed by atoms with E-state index in [0.717, 1.165) is 30.8 Å². The molecule has 1 saturated heterocycles. The van der Waals surface area contributed by atoms with Gasteiger partial charge in [0, 0.05) is 30.8 Å². The normalized spacial score (nSPS) is 15.6. The Bertz CT molecular complexity index is 480. The van der Waals surface area contributed by atoms with Gasteiger partial charge in [-0.25, -0.2) is 0 Å². The van der Waals surface area contributed by atoms with Crippen LogP contribution in [0.5, 0.6) is 0 Å². The number of anilines is 2. The third-order valence-corrected chi connectivity index (χ3v) is 3.38. The number of carbonyl (C=O) groups is 2. The summed E-state index contributed by atoms with van der Waals surface area (Å²) in [4.78, 5) is 25.3. The molecular formula is C16H22N2O2. The van der Waals surface area contributed by atoms with Crippen LogP contribution >= 0.6 is 0 Å². The van der Waals surface area contributed by atoms with Gasteiger partial charge in [-0.3, -0.25) is 9.59 Å². The van der Waals surface area contributed by atoms with Crippen molar-refractivity contribution in [3.05, 3.63) is 24.3 Å². The zero-order chi connectivity index (χ0) is 14.5. The number of benzene rings is 1. The highest BCUT2D eigenvalue weighted by Gasteiger charge is 2.19. The molecule has 0 bridgehead atoms. The summed E-state index contributed by atoms with van der Waals surface area (Å²) in [6.07, 6.45) is 3.19. The number of piperidine rings is 1. The largest absolute Gasteiger partial charge is 0.326 e. The first-order chi connectivity index (χ1) is 9.56. The minimum absolute atomic E-state index is 0.0294. The van der Waals surface area contributed by atoms with Crippen molar-refractivity contribution < 1.29 is 9.59 Å². The fourth-order valence-electron chi connectivity index (χ4n) is 2.39. The maximum absolute atomic E-state index is 11.8. The molecule has 0 aromatic heterocycles. The van der Waals surface area contributed by atoms with Crippen molar-refractivity contribution in [3.63, 3.8) is 0 Å². The van der Waals surface area contributed by atoms with Crippen LogP contribution in [-0.4, -0.2) is 18.4 Å². The monoisotopic (exact) mass is 274 g/mol. The van der Waals surface area contributed by atoms with Crippen molar-refractivity contribution in [1.82, 2.24) is 0 Å². The predicted octanol–water partition coefficient (Wildman–Crippen LogP) is 3.19. The second-order valence-electron chi connectivity index (χ2n) is 5.70. The molecule has 1 aliphatic heterocycles. The molecule has 20 heavy (non-hydrogen) atoms. The minimum atomic E-state index is 0.0294. The van der Waals surface area contributed by atoms with Gasteiger partial charge in [0.2, 0.25) is 11.8 Å². The first-order valence-electron chi connectivity index (χ1n) is 7.26. The van der Waals surface area contributed by atoms with E-state index in [-0.39, 0.29) is 11.8 Å². The maximum Gasteiger partial charge on any atom is 0.226 e. The number of hydrogen-bond donors (Lipinski definition) is 1. The van der Waals surface area contributed by atoms with E-state index < -0.39 is 0 Å². The van der Waals surface area contributed by atoms with Gasteiger partial charge >= 0.3 is 0 Å². The van der Waals surface area contributed by atoms with Crippen LogP contribution in [0.3, 0.4) is 0 Å². The molecule has 1 aliphatic rings. The molecule has 0 saturated carbocycles. The van der Waals surface area contributed by atoms with Crippen LogP contribution in [0.15, 0.2) is 24.3 Å². The molecule has 0 radical (unpaired) electrons. The third kappa shape index (κ3) is 3.83. The van der Waals surface area contributed by atoms with Gasteiger partial charge in [0.15, 0.2) is 0 Å². The zero-order valence-corrected chi connectivity index (χ0v) is 12.2. The first kappa shape index (κ1) is 14.6. The van der Waals surface area contributed by atoms with E-state index in [1.165, 1.54) is 0 Å².